The molecule has 0 spiro atoms. The quantitative estimate of drug-likeness (QED) is 0.733. The standard InChI is InChI=1S/C15H12O2/c16-13-10-15(11-6-2-1-3-7-11)17-14-9-5-4-8-12(13)14/h1-8,10,14H,9H2. The first-order valence-corrected chi connectivity index (χ1v) is 5.69. The zero-order valence-corrected chi connectivity index (χ0v) is 9.30. The molecule has 1 aromatic rings. The molecule has 2 aliphatic rings. The average molecular weight is 224 g/mol. The number of fused-ring (bicyclic) bond motifs is 1. The highest BCUT2D eigenvalue weighted by molar-refractivity contribution is 6.09. The van der Waals surface area contributed by atoms with Crippen LogP contribution in [0.2, 0.25) is 0 Å². The Morgan fingerprint density at radius 3 is 2.82 bits per heavy atom. The maximum absolute atomic E-state index is 12.0. The van der Waals surface area contributed by atoms with Crippen LogP contribution in [0.3, 0.4) is 0 Å². The minimum absolute atomic E-state index is 0.0597. The molecule has 1 atom stereocenters. The van der Waals surface area contributed by atoms with Gasteiger partial charge in [-0.05, 0) is 0 Å². The summed E-state index contributed by atoms with van der Waals surface area (Å²) < 4.78 is 5.87. The molecule has 1 aliphatic heterocycles. The van der Waals surface area contributed by atoms with Crippen LogP contribution in [-0.2, 0) is 9.53 Å². The maximum Gasteiger partial charge on any atom is 0.189 e. The van der Waals surface area contributed by atoms with Gasteiger partial charge in [-0.2, -0.15) is 0 Å². The van der Waals surface area contributed by atoms with Gasteiger partial charge in [0.25, 0.3) is 0 Å². The molecule has 0 radical (unpaired) electrons. The van der Waals surface area contributed by atoms with Crippen molar-refractivity contribution in [3.8, 4) is 0 Å². The third-order valence-corrected chi connectivity index (χ3v) is 2.98. The topological polar surface area (TPSA) is 26.3 Å². The van der Waals surface area contributed by atoms with Gasteiger partial charge >= 0.3 is 0 Å². The fourth-order valence-electron chi connectivity index (χ4n) is 2.10. The van der Waals surface area contributed by atoms with Gasteiger partial charge in [0, 0.05) is 23.6 Å². The Hall–Kier alpha value is -2.09. The van der Waals surface area contributed by atoms with Gasteiger partial charge < -0.3 is 4.74 Å². The number of ether oxygens (including phenoxy) is 1. The van der Waals surface area contributed by atoms with Crippen molar-refractivity contribution < 1.29 is 9.53 Å². The van der Waals surface area contributed by atoms with Crippen LogP contribution in [0.1, 0.15) is 12.0 Å². The van der Waals surface area contributed by atoms with Gasteiger partial charge in [-0.15, -0.1) is 0 Å². The van der Waals surface area contributed by atoms with Crippen molar-refractivity contribution in [2.24, 2.45) is 0 Å². The normalized spacial score (nSPS) is 22.4. The summed E-state index contributed by atoms with van der Waals surface area (Å²) in [7, 11) is 0. The molecule has 84 valence electrons. The molecule has 0 saturated carbocycles. The van der Waals surface area contributed by atoms with Crippen LogP contribution in [0.15, 0.2) is 60.2 Å². The van der Waals surface area contributed by atoms with Gasteiger partial charge in [0.1, 0.15) is 11.9 Å². The summed E-state index contributed by atoms with van der Waals surface area (Å²) in [6, 6.07) is 9.73. The molecule has 2 heteroatoms. The number of hydrogen-bond donors (Lipinski definition) is 0. The Labute approximate surface area is 99.9 Å². The summed E-state index contributed by atoms with van der Waals surface area (Å²) in [5.74, 6) is 0.734. The lowest BCUT2D eigenvalue weighted by atomic mass is 9.94. The average Bonchev–Trinajstić information content (AvgIpc) is 2.40. The molecular formula is C15H12O2. The van der Waals surface area contributed by atoms with Crippen LogP contribution in [0.4, 0.5) is 0 Å². The Morgan fingerprint density at radius 1 is 1.18 bits per heavy atom. The molecule has 0 N–H and O–H groups in total. The van der Waals surface area contributed by atoms with E-state index in [0.717, 1.165) is 17.6 Å². The van der Waals surface area contributed by atoms with E-state index in [2.05, 4.69) is 0 Å². The van der Waals surface area contributed by atoms with Gasteiger partial charge in [0.2, 0.25) is 0 Å². The van der Waals surface area contributed by atoms with Crippen LogP contribution in [0.5, 0.6) is 0 Å². The van der Waals surface area contributed by atoms with Crippen LogP contribution >= 0.6 is 0 Å². The molecule has 0 bridgehead atoms. The second kappa shape index (κ2) is 4.06. The number of carbonyl (C=O) groups excluding carboxylic acids is 1. The van der Waals surface area contributed by atoms with E-state index in [9.17, 15) is 4.79 Å². The lowest BCUT2D eigenvalue weighted by Crippen LogP contribution is -2.25. The smallest absolute Gasteiger partial charge is 0.189 e. The lowest BCUT2D eigenvalue weighted by molar-refractivity contribution is -0.113. The Morgan fingerprint density at radius 2 is 2.00 bits per heavy atom. The minimum Gasteiger partial charge on any atom is -0.484 e. The zero-order valence-electron chi connectivity index (χ0n) is 9.30. The van der Waals surface area contributed by atoms with E-state index in [1.54, 1.807) is 6.08 Å². The summed E-state index contributed by atoms with van der Waals surface area (Å²) in [4.78, 5) is 12.0. The largest absolute Gasteiger partial charge is 0.484 e. The van der Waals surface area contributed by atoms with Crippen LogP contribution in [0.25, 0.3) is 5.76 Å². The highest BCUT2D eigenvalue weighted by atomic mass is 16.5. The predicted octanol–water partition coefficient (Wildman–Crippen LogP) is 2.88. The molecule has 1 heterocycles. The van der Waals surface area contributed by atoms with Crippen molar-refractivity contribution in [2.45, 2.75) is 12.5 Å². The molecule has 1 unspecified atom stereocenters. The second-order valence-electron chi connectivity index (χ2n) is 4.13. The van der Waals surface area contributed by atoms with E-state index >= 15 is 0 Å². The van der Waals surface area contributed by atoms with E-state index in [4.69, 9.17) is 4.74 Å². The molecular weight excluding hydrogens is 212 g/mol. The van der Waals surface area contributed by atoms with Crippen LogP contribution < -0.4 is 0 Å². The Bertz CT molecular complexity index is 535. The zero-order chi connectivity index (χ0) is 11.7. The summed E-state index contributed by atoms with van der Waals surface area (Å²) in [5.41, 5.74) is 1.71. The first kappa shape index (κ1) is 10.1. The van der Waals surface area contributed by atoms with Crippen molar-refractivity contribution in [3.63, 3.8) is 0 Å². The first-order chi connectivity index (χ1) is 8.34. The van der Waals surface area contributed by atoms with Crippen molar-refractivity contribution in [3.05, 3.63) is 65.8 Å². The van der Waals surface area contributed by atoms with E-state index in [0.29, 0.717) is 5.76 Å². The van der Waals surface area contributed by atoms with Crippen molar-refractivity contribution in [2.75, 3.05) is 0 Å². The molecule has 17 heavy (non-hydrogen) atoms. The van der Waals surface area contributed by atoms with Crippen molar-refractivity contribution >= 4 is 11.5 Å². The van der Waals surface area contributed by atoms with Crippen LogP contribution in [0, 0.1) is 0 Å². The first-order valence-electron chi connectivity index (χ1n) is 5.69. The van der Waals surface area contributed by atoms with Gasteiger partial charge in [-0.25, -0.2) is 0 Å². The van der Waals surface area contributed by atoms with E-state index < -0.39 is 0 Å². The molecule has 0 saturated heterocycles. The highest BCUT2D eigenvalue weighted by Crippen LogP contribution is 2.30. The number of ketones is 1. The molecule has 1 aromatic carbocycles. The monoisotopic (exact) mass is 224 g/mol. The number of rotatable bonds is 1. The fourth-order valence-corrected chi connectivity index (χ4v) is 2.10. The van der Waals surface area contributed by atoms with Gasteiger partial charge in [-0.3, -0.25) is 4.79 Å². The highest BCUT2D eigenvalue weighted by Gasteiger charge is 2.28. The molecule has 2 nitrogen and oxygen atoms in total. The predicted molar refractivity (Wildman–Crippen MR) is 66.1 cm³/mol. The van der Waals surface area contributed by atoms with Gasteiger partial charge in [0.05, 0.1) is 0 Å². The summed E-state index contributed by atoms with van der Waals surface area (Å²) in [6.07, 6.45) is 8.00. The van der Waals surface area contributed by atoms with E-state index in [1.807, 2.05) is 48.6 Å². The molecule has 0 fully saturated rings. The van der Waals surface area contributed by atoms with E-state index in [1.165, 1.54) is 0 Å². The second-order valence-corrected chi connectivity index (χ2v) is 4.13. The maximum atomic E-state index is 12.0. The minimum atomic E-state index is -0.118. The number of allylic oxidation sites excluding steroid dienone is 3. The fraction of sp³-hybridized carbons (Fsp3) is 0.133. The molecule has 0 amide bonds. The number of hydrogen-bond acceptors (Lipinski definition) is 2. The van der Waals surface area contributed by atoms with Crippen molar-refractivity contribution in [1.29, 1.82) is 0 Å². The lowest BCUT2D eigenvalue weighted by Gasteiger charge is -2.27. The van der Waals surface area contributed by atoms with Crippen molar-refractivity contribution in [1.82, 2.24) is 0 Å². The van der Waals surface area contributed by atoms with Gasteiger partial charge in [-0.1, -0.05) is 48.6 Å². The number of benzene rings is 1. The Kier molecular flexibility index (Phi) is 2.41. The Balaban J connectivity index is 1.98. The summed E-state index contributed by atoms with van der Waals surface area (Å²) in [6.45, 7) is 0. The van der Waals surface area contributed by atoms with E-state index in [-0.39, 0.29) is 11.9 Å². The van der Waals surface area contributed by atoms with Gasteiger partial charge in [0.15, 0.2) is 5.78 Å². The molecule has 3 rings (SSSR count). The molecule has 0 aromatic heterocycles. The van der Waals surface area contributed by atoms with Crippen LogP contribution in [-0.4, -0.2) is 11.9 Å². The summed E-state index contributed by atoms with van der Waals surface area (Å²) in [5, 5.41) is 0. The third kappa shape index (κ3) is 1.82. The molecule has 1 aliphatic carbocycles. The third-order valence-electron chi connectivity index (χ3n) is 2.98. The SMILES string of the molecule is O=C1C=C(c2ccccc2)OC2CC=CC=C12. The number of carbonyl (C=O) groups is 1. The summed E-state index contributed by atoms with van der Waals surface area (Å²) >= 11 is 0.